The third kappa shape index (κ3) is 1.45. The van der Waals surface area contributed by atoms with Gasteiger partial charge in [0.05, 0.1) is 11.4 Å². The second-order valence-electron chi connectivity index (χ2n) is 5.58. The van der Waals surface area contributed by atoms with Crippen LogP contribution in [0.4, 0.5) is 17.1 Å². The van der Waals surface area contributed by atoms with Crippen molar-refractivity contribution in [3.05, 3.63) is 66.2 Å². The first kappa shape index (κ1) is 11.7. The van der Waals surface area contributed by atoms with Crippen LogP contribution >= 0.6 is 0 Å². The van der Waals surface area contributed by atoms with E-state index >= 15 is 0 Å². The fourth-order valence-electron chi connectivity index (χ4n) is 3.11. The molecule has 5 rings (SSSR count). The van der Waals surface area contributed by atoms with Gasteiger partial charge in [-0.1, -0.05) is 24.3 Å². The van der Waals surface area contributed by atoms with Crippen molar-refractivity contribution in [3.8, 4) is 23.0 Å². The summed E-state index contributed by atoms with van der Waals surface area (Å²) < 4.78 is 12.1. The summed E-state index contributed by atoms with van der Waals surface area (Å²) in [5.41, 5.74) is 4.26. The van der Waals surface area contributed by atoms with Crippen molar-refractivity contribution in [2.45, 2.75) is 6.92 Å². The maximum atomic E-state index is 6.07. The minimum Gasteiger partial charge on any atom is -0.453 e. The Morgan fingerprint density at radius 2 is 1.36 bits per heavy atom. The molecular formula is C19H13NO2. The molecule has 3 heteroatoms. The molecule has 0 aliphatic carbocycles. The first-order chi connectivity index (χ1) is 10.8. The molecule has 0 radical (unpaired) electrons. The zero-order valence-corrected chi connectivity index (χ0v) is 12.0. The molecule has 22 heavy (non-hydrogen) atoms. The van der Waals surface area contributed by atoms with Crippen molar-refractivity contribution >= 4 is 17.1 Å². The van der Waals surface area contributed by atoms with Crippen LogP contribution in [-0.4, -0.2) is 0 Å². The molecule has 0 saturated heterocycles. The van der Waals surface area contributed by atoms with E-state index in [9.17, 15) is 0 Å². The van der Waals surface area contributed by atoms with Crippen LogP contribution in [0.25, 0.3) is 0 Å². The van der Waals surface area contributed by atoms with Crippen molar-refractivity contribution in [1.82, 2.24) is 0 Å². The number of fused-ring (bicyclic) bond motifs is 4. The third-order valence-electron chi connectivity index (χ3n) is 4.09. The first-order valence-electron chi connectivity index (χ1n) is 7.30. The molecular weight excluding hydrogens is 274 g/mol. The first-order valence-corrected chi connectivity index (χ1v) is 7.30. The highest BCUT2D eigenvalue weighted by atomic mass is 16.5. The van der Waals surface area contributed by atoms with Gasteiger partial charge >= 0.3 is 0 Å². The van der Waals surface area contributed by atoms with Crippen molar-refractivity contribution in [3.63, 3.8) is 0 Å². The second kappa shape index (κ2) is 4.04. The topological polar surface area (TPSA) is 21.7 Å². The summed E-state index contributed by atoms with van der Waals surface area (Å²) in [6.45, 7) is 2.09. The van der Waals surface area contributed by atoms with Gasteiger partial charge in [-0.05, 0) is 48.9 Å². The zero-order valence-electron chi connectivity index (χ0n) is 12.0. The Balaban J connectivity index is 1.87. The summed E-state index contributed by atoms with van der Waals surface area (Å²) in [7, 11) is 0. The van der Waals surface area contributed by atoms with E-state index in [1.165, 1.54) is 5.56 Å². The lowest BCUT2D eigenvalue weighted by molar-refractivity contribution is 0.446. The third-order valence-corrected chi connectivity index (χ3v) is 4.09. The summed E-state index contributed by atoms with van der Waals surface area (Å²) in [6.07, 6.45) is 0. The summed E-state index contributed by atoms with van der Waals surface area (Å²) in [4.78, 5) is 2.23. The Labute approximate surface area is 128 Å². The SMILES string of the molecule is Cc1ccc2c(c1)N1c3ccccc3Oc3cccc(c31)O2. The van der Waals surface area contributed by atoms with Gasteiger partial charge in [0.15, 0.2) is 23.0 Å². The Kier molecular flexibility index (Phi) is 2.15. The van der Waals surface area contributed by atoms with E-state index in [1.807, 2.05) is 42.5 Å². The molecule has 0 saturated carbocycles. The largest absolute Gasteiger partial charge is 0.453 e. The molecule has 0 fully saturated rings. The minimum absolute atomic E-state index is 0.823. The normalized spacial score (nSPS) is 13.4. The molecule has 3 nitrogen and oxygen atoms in total. The van der Waals surface area contributed by atoms with Crippen LogP contribution in [0.1, 0.15) is 5.56 Å². The van der Waals surface area contributed by atoms with Crippen molar-refractivity contribution in [2.24, 2.45) is 0 Å². The monoisotopic (exact) mass is 287 g/mol. The molecule has 2 aliphatic rings. The van der Waals surface area contributed by atoms with Gasteiger partial charge in [0, 0.05) is 0 Å². The van der Waals surface area contributed by atoms with Gasteiger partial charge in [-0.3, -0.25) is 4.90 Å². The molecule has 2 aliphatic heterocycles. The van der Waals surface area contributed by atoms with Gasteiger partial charge < -0.3 is 9.47 Å². The van der Waals surface area contributed by atoms with Gasteiger partial charge in [-0.25, -0.2) is 0 Å². The van der Waals surface area contributed by atoms with Gasteiger partial charge in [0.25, 0.3) is 0 Å². The molecule has 0 spiro atoms. The molecule has 0 aromatic heterocycles. The van der Waals surface area contributed by atoms with E-state index in [2.05, 4.69) is 30.0 Å². The van der Waals surface area contributed by atoms with Gasteiger partial charge in [-0.15, -0.1) is 0 Å². The fourth-order valence-corrected chi connectivity index (χ4v) is 3.11. The lowest BCUT2D eigenvalue weighted by Crippen LogP contribution is -2.20. The molecule has 106 valence electrons. The summed E-state index contributed by atoms with van der Waals surface area (Å²) in [6, 6.07) is 20.3. The van der Waals surface area contributed by atoms with E-state index in [0.29, 0.717) is 0 Å². The Morgan fingerprint density at radius 3 is 2.18 bits per heavy atom. The lowest BCUT2D eigenvalue weighted by atomic mass is 10.1. The summed E-state index contributed by atoms with van der Waals surface area (Å²) in [5, 5.41) is 0. The molecule has 0 amide bonds. The average molecular weight is 287 g/mol. The highest BCUT2D eigenvalue weighted by Crippen LogP contribution is 2.59. The smallest absolute Gasteiger partial charge is 0.155 e. The predicted molar refractivity (Wildman–Crippen MR) is 86.0 cm³/mol. The Morgan fingerprint density at radius 1 is 0.682 bits per heavy atom. The maximum Gasteiger partial charge on any atom is 0.155 e. The highest BCUT2D eigenvalue weighted by molar-refractivity contribution is 5.93. The average Bonchev–Trinajstić information content (AvgIpc) is 2.55. The Hall–Kier alpha value is -2.94. The minimum atomic E-state index is 0.823. The number of ether oxygens (including phenoxy) is 2. The maximum absolute atomic E-state index is 6.07. The van der Waals surface area contributed by atoms with E-state index in [0.717, 1.165) is 40.1 Å². The fraction of sp³-hybridized carbons (Fsp3) is 0.0526. The van der Waals surface area contributed by atoms with Crippen LogP contribution in [0.15, 0.2) is 60.7 Å². The van der Waals surface area contributed by atoms with Gasteiger partial charge in [0.1, 0.15) is 5.69 Å². The van der Waals surface area contributed by atoms with E-state index in [-0.39, 0.29) is 0 Å². The van der Waals surface area contributed by atoms with E-state index in [4.69, 9.17) is 9.47 Å². The van der Waals surface area contributed by atoms with Crippen molar-refractivity contribution < 1.29 is 9.47 Å². The number of hydrogen-bond acceptors (Lipinski definition) is 3. The van der Waals surface area contributed by atoms with Crippen LogP contribution in [-0.2, 0) is 0 Å². The molecule has 2 heterocycles. The molecule has 0 atom stereocenters. The number of para-hydroxylation sites is 3. The van der Waals surface area contributed by atoms with Crippen LogP contribution in [0.5, 0.6) is 23.0 Å². The highest BCUT2D eigenvalue weighted by Gasteiger charge is 2.33. The molecule has 3 aromatic carbocycles. The van der Waals surface area contributed by atoms with Crippen molar-refractivity contribution in [1.29, 1.82) is 0 Å². The number of benzene rings is 3. The predicted octanol–water partition coefficient (Wildman–Crippen LogP) is 5.68. The number of aryl methyl sites for hydroxylation is 1. The Bertz CT molecular complexity index is 903. The van der Waals surface area contributed by atoms with E-state index in [1.54, 1.807) is 0 Å². The van der Waals surface area contributed by atoms with Gasteiger partial charge in [0.2, 0.25) is 0 Å². The number of hydrogen-bond donors (Lipinski definition) is 0. The standard InChI is InChI=1S/C19H13NO2/c1-12-9-10-16-14(11-12)20-13-5-2-3-6-15(13)21-17-7-4-8-18(22-16)19(17)20/h2-11H,1H3. The van der Waals surface area contributed by atoms with Crippen LogP contribution in [0.3, 0.4) is 0 Å². The number of nitrogens with zero attached hydrogens (tertiary/aromatic N) is 1. The summed E-state index contributed by atoms with van der Waals surface area (Å²) >= 11 is 0. The van der Waals surface area contributed by atoms with Gasteiger partial charge in [-0.2, -0.15) is 0 Å². The van der Waals surface area contributed by atoms with Crippen molar-refractivity contribution in [2.75, 3.05) is 4.90 Å². The number of rotatable bonds is 0. The molecule has 0 N–H and O–H groups in total. The van der Waals surface area contributed by atoms with Crippen LogP contribution in [0, 0.1) is 6.92 Å². The zero-order chi connectivity index (χ0) is 14.7. The van der Waals surface area contributed by atoms with Crippen LogP contribution in [0.2, 0.25) is 0 Å². The number of anilines is 3. The molecule has 0 unspecified atom stereocenters. The summed E-state index contributed by atoms with van der Waals surface area (Å²) in [5.74, 6) is 3.38. The lowest BCUT2D eigenvalue weighted by Gasteiger charge is -2.37. The van der Waals surface area contributed by atoms with E-state index < -0.39 is 0 Å². The molecule has 3 aromatic rings. The molecule has 0 bridgehead atoms. The quantitative estimate of drug-likeness (QED) is 0.366. The second-order valence-corrected chi connectivity index (χ2v) is 5.58. The van der Waals surface area contributed by atoms with Crippen LogP contribution < -0.4 is 14.4 Å².